The average Bonchev–Trinajstić information content (AvgIpc) is 3.37. The van der Waals surface area contributed by atoms with Gasteiger partial charge in [-0.1, -0.05) is 86.6 Å². The first-order valence-electron chi connectivity index (χ1n) is 14.3. The molecule has 204 valence electrons. The third-order valence-corrected chi connectivity index (χ3v) is 17.1. The largest absolute Gasteiger partial charge is 0.207 e. The van der Waals surface area contributed by atoms with Crippen molar-refractivity contribution in [3.05, 3.63) is 60.2 Å². The fourth-order valence-corrected chi connectivity index (χ4v) is 16.7. The molecule has 3 saturated carbocycles. The highest BCUT2D eigenvalue weighted by atomic mass is 31.1. The smallest absolute Gasteiger partial charge is 0.123 e. The number of halogens is 2. The fraction of sp³-hybridized carbons (Fsp3) is 0.588. The Hall–Kier alpha value is -1.28. The maximum absolute atomic E-state index is 14.1. The first kappa shape index (κ1) is 28.3. The zero-order valence-electron chi connectivity index (χ0n) is 24.1. The molecule has 38 heavy (non-hydrogen) atoms. The molecule has 0 saturated heterocycles. The van der Waals surface area contributed by atoms with Crippen LogP contribution in [0.15, 0.2) is 48.5 Å². The Labute approximate surface area is 232 Å². The molecule has 0 amide bonds. The Morgan fingerprint density at radius 2 is 1.34 bits per heavy atom. The molecule has 0 aromatic heterocycles. The molecule has 3 aliphatic rings. The third kappa shape index (κ3) is 5.02. The lowest BCUT2D eigenvalue weighted by molar-refractivity contribution is 0.243. The molecule has 4 unspecified atom stereocenters. The highest BCUT2D eigenvalue weighted by Crippen LogP contribution is 2.75. The van der Waals surface area contributed by atoms with Gasteiger partial charge in [0, 0.05) is 5.66 Å². The van der Waals surface area contributed by atoms with Gasteiger partial charge in [-0.15, -0.1) is 6.42 Å². The van der Waals surface area contributed by atoms with E-state index >= 15 is 0 Å². The van der Waals surface area contributed by atoms with Crippen molar-refractivity contribution >= 4 is 26.5 Å². The molecule has 0 bridgehead atoms. The van der Waals surface area contributed by atoms with Gasteiger partial charge in [-0.3, -0.25) is 0 Å². The van der Waals surface area contributed by atoms with Crippen LogP contribution >= 0.6 is 15.8 Å². The van der Waals surface area contributed by atoms with E-state index in [4.69, 9.17) is 6.42 Å². The third-order valence-electron chi connectivity index (χ3n) is 9.78. The van der Waals surface area contributed by atoms with Crippen molar-refractivity contribution in [2.75, 3.05) is 0 Å². The van der Waals surface area contributed by atoms with Gasteiger partial charge in [-0.2, -0.15) is 0 Å². The van der Waals surface area contributed by atoms with Crippen LogP contribution in [-0.2, 0) is 0 Å². The molecule has 0 N–H and O–H groups in total. The Morgan fingerprint density at radius 1 is 0.842 bits per heavy atom. The van der Waals surface area contributed by atoms with Gasteiger partial charge in [0.2, 0.25) is 0 Å². The summed E-state index contributed by atoms with van der Waals surface area (Å²) in [5.41, 5.74) is 0.484. The number of benzene rings is 2. The van der Waals surface area contributed by atoms with Crippen molar-refractivity contribution in [3.8, 4) is 12.3 Å². The Morgan fingerprint density at radius 3 is 1.79 bits per heavy atom. The molecule has 0 heterocycles. The van der Waals surface area contributed by atoms with Crippen LogP contribution in [0.1, 0.15) is 74.1 Å². The number of fused-ring (bicyclic) bond motifs is 1. The lowest BCUT2D eigenvalue weighted by Gasteiger charge is -2.54. The minimum absolute atomic E-state index is 0.0531. The van der Waals surface area contributed by atoms with Crippen molar-refractivity contribution in [2.45, 2.75) is 95.8 Å². The summed E-state index contributed by atoms with van der Waals surface area (Å²) >= 11 is 0. The Bertz CT molecular complexity index is 1120. The molecule has 2 aromatic carbocycles. The summed E-state index contributed by atoms with van der Waals surface area (Å²) in [5, 5.41) is 2.59. The lowest BCUT2D eigenvalue weighted by Crippen LogP contribution is -2.48. The van der Waals surface area contributed by atoms with Crippen molar-refractivity contribution in [1.82, 2.24) is 0 Å². The van der Waals surface area contributed by atoms with Crippen LogP contribution in [0.25, 0.3) is 0 Å². The minimum Gasteiger partial charge on any atom is -0.207 e. The van der Waals surface area contributed by atoms with Gasteiger partial charge in [0.05, 0.1) is 0 Å². The van der Waals surface area contributed by atoms with Gasteiger partial charge in [0.15, 0.2) is 0 Å². The number of hydrogen-bond donors (Lipinski definition) is 0. The monoisotopic (exact) mass is 552 g/mol. The Balaban J connectivity index is 1.71. The van der Waals surface area contributed by atoms with Crippen LogP contribution < -0.4 is 10.6 Å². The van der Waals surface area contributed by atoms with Crippen LogP contribution in [0.5, 0.6) is 0 Å². The molecule has 4 heteroatoms. The van der Waals surface area contributed by atoms with E-state index in [1.807, 2.05) is 24.3 Å². The SMILES string of the molecule is C#C[C@@H](P(C(C)(C)C)C(C)(C)C)[C@@]1(C)CC2CCC3C(C[C@@H]1P(c1ccc(F)cc1)c1ccc(F)cc1)C23. The second-order valence-corrected chi connectivity index (χ2v) is 20.6. The molecule has 0 radical (unpaired) electrons. The zero-order chi connectivity index (χ0) is 27.6. The van der Waals surface area contributed by atoms with Gasteiger partial charge in [-0.05, 0) is 114 Å². The van der Waals surface area contributed by atoms with Gasteiger partial charge >= 0.3 is 0 Å². The molecule has 0 spiro atoms. The molecule has 2 aromatic rings. The summed E-state index contributed by atoms with van der Waals surface area (Å²) in [7, 11) is -1.41. The van der Waals surface area contributed by atoms with Crippen LogP contribution in [0, 0.1) is 53.1 Å². The molecule has 7 atom stereocenters. The molecule has 3 fully saturated rings. The molecular weight excluding hydrogens is 508 g/mol. The van der Waals surface area contributed by atoms with E-state index < -0.39 is 15.8 Å². The second kappa shape index (κ2) is 9.97. The Kier molecular flexibility index (Phi) is 7.41. The zero-order valence-corrected chi connectivity index (χ0v) is 25.9. The summed E-state index contributed by atoms with van der Waals surface area (Å²) in [4.78, 5) is 0. The lowest BCUT2D eigenvalue weighted by atomic mass is 9.75. The average molecular weight is 553 g/mol. The van der Waals surface area contributed by atoms with Crippen LogP contribution in [0.3, 0.4) is 0 Å². The summed E-state index contributed by atoms with van der Waals surface area (Å²) in [5.74, 6) is 6.31. The van der Waals surface area contributed by atoms with Gasteiger partial charge in [0.1, 0.15) is 11.6 Å². The van der Waals surface area contributed by atoms with Gasteiger partial charge in [-0.25, -0.2) is 8.78 Å². The summed E-state index contributed by atoms with van der Waals surface area (Å²) in [6.45, 7) is 16.8. The molecule has 3 aliphatic carbocycles. The van der Waals surface area contributed by atoms with Gasteiger partial charge in [0.25, 0.3) is 0 Å². The highest BCUT2D eigenvalue weighted by Gasteiger charge is 2.65. The molecule has 0 aliphatic heterocycles. The van der Waals surface area contributed by atoms with E-state index in [2.05, 4.69) is 54.4 Å². The van der Waals surface area contributed by atoms with Crippen LogP contribution in [0.2, 0.25) is 0 Å². The summed E-state index contributed by atoms with van der Waals surface area (Å²) in [6.07, 6.45) is 11.7. The predicted molar refractivity (Wildman–Crippen MR) is 162 cm³/mol. The first-order valence-corrected chi connectivity index (χ1v) is 17.1. The number of rotatable bonds is 5. The maximum Gasteiger partial charge on any atom is 0.123 e. The number of hydrogen-bond acceptors (Lipinski definition) is 0. The highest BCUT2D eigenvalue weighted by molar-refractivity contribution is 7.73. The van der Waals surface area contributed by atoms with Crippen molar-refractivity contribution < 1.29 is 8.78 Å². The van der Waals surface area contributed by atoms with Crippen molar-refractivity contribution in [2.24, 2.45) is 29.1 Å². The van der Waals surface area contributed by atoms with E-state index in [0.29, 0.717) is 5.66 Å². The molecule has 0 nitrogen and oxygen atoms in total. The first-order chi connectivity index (χ1) is 17.8. The summed E-state index contributed by atoms with van der Waals surface area (Å²) < 4.78 is 28.3. The predicted octanol–water partition coefficient (Wildman–Crippen LogP) is 8.92. The van der Waals surface area contributed by atoms with E-state index in [9.17, 15) is 8.78 Å². The van der Waals surface area contributed by atoms with Crippen LogP contribution in [-0.4, -0.2) is 21.6 Å². The topological polar surface area (TPSA) is 0 Å². The fourth-order valence-electron chi connectivity index (χ4n) is 8.72. The summed E-state index contributed by atoms with van der Waals surface area (Å²) in [6, 6.07) is 14.3. The standard InChI is InChI=1S/C34H44F2P2/c1-9-29(38(32(2,3)4)33(5,6)7)34(8)21-22-10-19-27-28(31(22)27)20-30(34)37(25-15-11-23(35)12-16-25)26-17-13-24(36)14-18-26/h1,11-18,22,27-31H,10,19-21H2,2-8H3/t22?,27?,28?,29-,30+,31?,34-/m1/s1. The van der Waals surface area contributed by atoms with E-state index in [1.54, 1.807) is 24.3 Å². The normalized spacial score (nSPS) is 31.6. The quantitative estimate of drug-likeness (QED) is 0.257. The van der Waals surface area contributed by atoms with Crippen LogP contribution in [0.4, 0.5) is 8.78 Å². The molecule has 5 rings (SSSR count). The van der Waals surface area contributed by atoms with E-state index in [-0.39, 0.29) is 33.0 Å². The minimum atomic E-state index is -0.862. The van der Waals surface area contributed by atoms with E-state index in [1.165, 1.54) is 36.3 Å². The van der Waals surface area contributed by atoms with Gasteiger partial charge < -0.3 is 0 Å². The maximum atomic E-state index is 14.1. The van der Waals surface area contributed by atoms with E-state index in [0.717, 1.165) is 23.7 Å². The van der Waals surface area contributed by atoms with Crippen molar-refractivity contribution in [1.29, 1.82) is 0 Å². The van der Waals surface area contributed by atoms with Crippen molar-refractivity contribution in [3.63, 3.8) is 0 Å². The number of terminal acetylenes is 1. The molecular formula is C34H44F2P2. The second-order valence-electron chi connectivity index (χ2n) is 14.3.